The normalized spacial score (nSPS) is 12.7. The molecule has 200 valence electrons. The average molecular weight is 579 g/mol. The van der Waals surface area contributed by atoms with Crippen LogP contribution in [0.2, 0.25) is 5.02 Å². The summed E-state index contributed by atoms with van der Waals surface area (Å²) >= 11 is 7.57. The van der Waals surface area contributed by atoms with Crippen LogP contribution < -0.4 is 14.4 Å². The summed E-state index contributed by atoms with van der Waals surface area (Å²) in [6, 6.07) is 27.2. The maximum absolute atomic E-state index is 13.7. The number of carbonyl (C=O) groups excluding carboxylic acids is 1. The monoisotopic (exact) mass is 578 g/mol. The molecule has 0 spiro atoms. The van der Waals surface area contributed by atoms with Gasteiger partial charge >= 0.3 is 0 Å². The number of anilines is 1. The number of para-hydroxylation sites is 1. The molecular weight excluding hydrogens is 552 g/mol. The van der Waals surface area contributed by atoms with E-state index in [1.54, 1.807) is 31.4 Å². The van der Waals surface area contributed by atoms with Gasteiger partial charge in [0.05, 0.1) is 23.3 Å². The fourth-order valence-electron chi connectivity index (χ4n) is 4.47. The lowest BCUT2D eigenvalue weighted by Crippen LogP contribution is -2.30. The molecule has 0 radical (unpaired) electrons. The van der Waals surface area contributed by atoms with E-state index in [2.05, 4.69) is 5.32 Å². The SMILES string of the molecule is COc1ccc(CSc2ccc(S(=O)(=O)N3CCc4ccccc43)cc2C(=O)NCc2cccc(Cl)c2)cc1. The van der Waals surface area contributed by atoms with Crippen molar-refractivity contribution in [1.82, 2.24) is 5.32 Å². The summed E-state index contributed by atoms with van der Waals surface area (Å²) in [5.41, 5.74) is 3.89. The van der Waals surface area contributed by atoms with Gasteiger partial charge in [-0.25, -0.2) is 8.42 Å². The first kappa shape index (κ1) is 27.1. The van der Waals surface area contributed by atoms with Gasteiger partial charge in [0, 0.05) is 28.8 Å². The Hall–Kier alpha value is -3.46. The molecule has 4 aromatic carbocycles. The molecule has 4 aromatic rings. The van der Waals surface area contributed by atoms with E-state index < -0.39 is 10.0 Å². The number of hydrogen-bond donors (Lipinski definition) is 1. The Labute approximate surface area is 238 Å². The van der Waals surface area contributed by atoms with Gasteiger partial charge in [-0.3, -0.25) is 9.10 Å². The van der Waals surface area contributed by atoms with Crippen molar-refractivity contribution in [2.24, 2.45) is 0 Å². The zero-order chi connectivity index (χ0) is 27.4. The minimum Gasteiger partial charge on any atom is -0.497 e. The van der Waals surface area contributed by atoms with Crippen molar-refractivity contribution in [3.63, 3.8) is 0 Å². The molecule has 0 unspecified atom stereocenters. The molecule has 0 saturated heterocycles. The number of thioether (sulfide) groups is 1. The number of sulfonamides is 1. The fraction of sp³-hybridized carbons (Fsp3) is 0.167. The Morgan fingerprint density at radius 1 is 0.974 bits per heavy atom. The Kier molecular flexibility index (Phi) is 8.16. The number of amides is 1. The smallest absolute Gasteiger partial charge is 0.264 e. The lowest BCUT2D eigenvalue weighted by atomic mass is 10.2. The van der Waals surface area contributed by atoms with E-state index in [-0.39, 0.29) is 17.3 Å². The van der Waals surface area contributed by atoms with Crippen LogP contribution >= 0.6 is 23.4 Å². The molecule has 1 N–H and O–H groups in total. The highest BCUT2D eigenvalue weighted by Crippen LogP contribution is 2.35. The molecule has 0 aromatic heterocycles. The van der Waals surface area contributed by atoms with Crippen LogP contribution in [0.1, 0.15) is 27.0 Å². The van der Waals surface area contributed by atoms with Gasteiger partial charge in [0.2, 0.25) is 0 Å². The van der Waals surface area contributed by atoms with Gasteiger partial charge in [-0.2, -0.15) is 0 Å². The number of fused-ring (bicyclic) bond motifs is 1. The molecule has 0 bridgehead atoms. The quantitative estimate of drug-likeness (QED) is 0.235. The lowest BCUT2D eigenvalue weighted by Gasteiger charge is -2.20. The summed E-state index contributed by atoms with van der Waals surface area (Å²) in [5, 5.41) is 3.50. The predicted octanol–water partition coefficient (Wildman–Crippen LogP) is 6.32. The molecule has 1 aliphatic rings. The number of hydrogen-bond acceptors (Lipinski definition) is 5. The topological polar surface area (TPSA) is 75.7 Å². The van der Waals surface area contributed by atoms with Crippen molar-refractivity contribution in [3.8, 4) is 5.75 Å². The van der Waals surface area contributed by atoms with E-state index >= 15 is 0 Å². The maximum atomic E-state index is 13.7. The Morgan fingerprint density at radius 3 is 2.54 bits per heavy atom. The van der Waals surface area contributed by atoms with Crippen molar-refractivity contribution in [1.29, 1.82) is 0 Å². The molecule has 1 heterocycles. The zero-order valence-electron chi connectivity index (χ0n) is 21.3. The molecule has 0 saturated carbocycles. The molecule has 0 fully saturated rings. The number of ether oxygens (including phenoxy) is 1. The van der Waals surface area contributed by atoms with Crippen molar-refractivity contribution >= 4 is 45.0 Å². The number of nitrogens with zero attached hydrogens (tertiary/aromatic N) is 1. The van der Waals surface area contributed by atoms with Gasteiger partial charge in [-0.15, -0.1) is 11.8 Å². The van der Waals surface area contributed by atoms with Crippen LogP contribution in [0.15, 0.2) is 101 Å². The molecule has 0 aliphatic carbocycles. The van der Waals surface area contributed by atoms with E-state index in [1.807, 2.05) is 60.7 Å². The van der Waals surface area contributed by atoms with Crippen molar-refractivity contribution < 1.29 is 17.9 Å². The van der Waals surface area contributed by atoms with Crippen LogP contribution in [0.25, 0.3) is 0 Å². The van der Waals surface area contributed by atoms with E-state index in [1.165, 1.54) is 22.1 Å². The first-order chi connectivity index (χ1) is 18.8. The number of benzene rings is 4. The van der Waals surface area contributed by atoms with Gasteiger partial charge in [-0.1, -0.05) is 54.1 Å². The van der Waals surface area contributed by atoms with Crippen LogP contribution in [-0.4, -0.2) is 28.0 Å². The molecule has 0 atom stereocenters. The second-order valence-corrected chi connectivity index (χ2v) is 12.4. The third kappa shape index (κ3) is 6.08. The van der Waals surface area contributed by atoms with Crippen LogP contribution in [0.5, 0.6) is 5.75 Å². The summed E-state index contributed by atoms with van der Waals surface area (Å²) in [6.07, 6.45) is 0.651. The van der Waals surface area contributed by atoms with Gasteiger partial charge in [-0.05, 0) is 71.6 Å². The minimum atomic E-state index is -3.86. The molecule has 1 amide bonds. The molecule has 1 aliphatic heterocycles. The number of halogens is 1. The summed E-state index contributed by atoms with van der Waals surface area (Å²) in [5.74, 6) is 1.01. The summed E-state index contributed by atoms with van der Waals surface area (Å²) < 4.78 is 34.1. The summed E-state index contributed by atoms with van der Waals surface area (Å²) in [7, 11) is -2.24. The van der Waals surface area contributed by atoms with Gasteiger partial charge in [0.25, 0.3) is 15.9 Å². The Bertz CT molecular complexity index is 1610. The third-order valence-corrected chi connectivity index (χ3v) is 9.71. The largest absolute Gasteiger partial charge is 0.497 e. The lowest BCUT2D eigenvalue weighted by molar-refractivity contribution is 0.0947. The molecule has 9 heteroatoms. The highest BCUT2D eigenvalue weighted by Gasteiger charge is 2.31. The molecule has 39 heavy (non-hydrogen) atoms. The molecule has 5 rings (SSSR count). The van der Waals surface area contributed by atoms with Crippen LogP contribution in [0.4, 0.5) is 5.69 Å². The molecular formula is C30H27ClN2O4S2. The number of rotatable bonds is 9. The molecule has 6 nitrogen and oxygen atoms in total. The van der Waals surface area contributed by atoms with Crippen LogP contribution in [-0.2, 0) is 28.7 Å². The highest BCUT2D eigenvalue weighted by atomic mass is 35.5. The zero-order valence-corrected chi connectivity index (χ0v) is 23.7. The van der Waals surface area contributed by atoms with E-state index in [0.717, 1.165) is 22.4 Å². The van der Waals surface area contributed by atoms with Crippen molar-refractivity contribution in [2.45, 2.75) is 28.5 Å². The Morgan fingerprint density at radius 2 is 1.77 bits per heavy atom. The average Bonchev–Trinajstić information content (AvgIpc) is 3.40. The van der Waals surface area contributed by atoms with Crippen molar-refractivity contribution in [2.75, 3.05) is 18.0 Å². The van der Waals surface area contributed by atoms with Gasteiger partial charge in [0.15, 0.2) is 0 Å². The highest BCUT2D eigenvalue weighted by molar-refractivity contribution is 7.98. The minimum absolute atomic E-state index is 0.0842. The van der Waals surface area contributed by atoms with Gasteiger partial charge in [0.1, 0.15) is 5.75 Å². The van der Waals surface area contributed by atoms with Gasteiger partial charge < -0.3 is 10.1 Å². The van der Waals surface area contributed by atoms with E-state index in [4.69, 9.17) is 16.3 Å². The summed E-state index contributed by atoms with van der Waals surface area (Å²) in [6.45, 7) is 0.629. The van der Waals surface area contributed by atoms with E-state index in [9.17, 15) is 13.2 Å². The first-order valence-corrected chi connectivity index (χ1v) is 15.2. The van der Waals surface area contributed by atoms with E-state index in [0.29, 0.717) is 39.9 Å². The number of methoxy groups -OCH3 is 1. The van der Waals surface area contributed by atoms with Crippen LogP contribution in [0, 0.1) is 0 Å². The van der Waals surface area contributed by atoms with Crippen molar-refractivity contribution in [3.05, 3.63) is 118 Å². The maximum Gasteiger partial charge on any atom is 0.264 e. The number of carbonyl (C=O) groups is 1. The summed E-state index contributed by atoms with van der Waals surface area (Å²) in [4.78, 5) is 14.2. The van der Waals surface area contributed by atoms with Crippen LogP contribution in [0.3, 0.4) is 0 Å². The second kappa shape index (κ2) is 11.7. The second-order valence-electron chi connectivity index (χ2n) is 9.06. The third-order valence-electron chi connectivity index (χ3n) is 6.52. The predicted molar refractivity (Wildman–Crippen MR) is 156 cm³/mol. The fourth-order valence-corrected chi connectivity index (χ4v) is 7.19. The first-order valence-electron chi connectivity index (χ1n) is 12.4. The number of nitrogens with one attached hydrogen (secondary N) is 1. The standard InChI is InChI=1S/C30H27ClN2O4S2/c1-37-25-11-9-21(10-12-25)20-38-29-14-13-26(39(35,36)33-16-15-23-6-2-3-8-28(23)33)18-27(29)30(34)32-19-22-5-4-7-24(31)17-22/h2-14,17-18H,15-16,19-20H2,1H3,(H,32,34). The Balaban J connectivity index is 1.44.